The second kappa shape index (κ2) is 5.06. The molecule has 1 aromatic carbocycles. The Balaban J connectivity index is 2.14. The minimum Gasteiger partial charge on any atom is -0.204 e. The van der Waals surface area contributed by atoms with E-state index in [2.05, 4.69) is 15.9 Å². The summed E-state index contributed by atoms with van der Waals surface area (Å²) in [5, 5.41) is 4.05. The number of thiophene rings is 1. The van der Waals surface area contributed by atoms with Gasteiger partial charge < -0.3 is 0 Å². The molecule has 0 aliphatic rings. The molecule has 1 atom stereocenters. The lowest BCUT2D eigenvalue weighted by Crippen LogP contribution is -1.96. The van der Waals surface area contributed by atoms with Gasteiger partial charge in [0.05, 0.1) is 0 Å². The van der Waals surface area contributed by atoms with Gasteiger partial charge in [-0.25, -0.2) is 8.78 Å². The molecule has 16 heavy (non-hydrogen) atoms. The van der Waals surface area contributed by atoms with E-state index in [4.69, 9.17) is 0 Å². The summed E-state index contributed by atoms with van der Waals surface area (Å²) in [6, 6.07) is 6.02. The SMILES string of the molecule is Fc1ccc(C(Br)Cc2ccsc2)cc1F. The number of alkyl halides is 1. The van der Waals surface area contributed by atoms with Crippen molar-refractivity contribution in [2.45, 2.75) is 11.2 Å². The Morgan fingerprint density at radius 3 is 2.62 bits per heavy atom. The minimum atomic E-state index is -0.806. The van der Waals surface area contributed by atoms with Gasteiger partial charge in [-0.3, -0.25) is 0 Å². The Morgan fingerprint density at radius 1 is 1.19 bits per heavy atom. The Morgan fingerprint density at radius 2 is 2.00 bits per heavy atom. The standard InChI is InChI=1S/C12H9BrF2S/c13-10(5-8-3-4-16-7-8)9-1-2-11(14)12(15)6-9/h1-4,6-7,10H,5H2. The molecule has 0 fully saturated rings. The minimum absolute atomic E-state index is 0.0113. The van der Waals surface area contributed by atoms with E-state index in [1.807, 2.05) is 16.8 Å². The van der Waals surface area contributed by atoms with Crippen molar-refractivity contribution in [2.24, 2.45) is 0 Å². The molecule has 84 valence electrons. The Bertz CT molecular complexity index is 468. The number of halogens is 3. The van der Waals surface area contributed by atoms with E-state index in [-0.39, 0.29) is 4.83 Å². The molecule has 0 aliphatic heterocycles. The molecular formula is C12H9BrF2S. The highest BCUT2D eigenvalue weighted by molar-refractivity contribution is 9.09. The molecule has 2 aromatic rings. The first-order valence-electron chi connectivity index (χ1n) is 4.77. The predicted molar refractivity (Wildman–Crippen MR) is 66.0 cm³/mol. The summed E-state index contributed by atoms with van der Waals surface area (Å²) in [7, 11) is 0. The summed E-state index contributed by atoms with van der Waals surface area (Å²) in [5.74, 6) is -1.61. The molecule has 0 aliphatic carbocycles. The fourth-order valence-electron chi connectivity index (χ4n) is 1.44. The average Bonchev–Trinajstić information content (AvgIpc) is 2.74. The van der Waals surface area contributed by atoms with Gasteiger partial charge in [0.25, 0.3) is 0 Å². The monoisotopic (exact) mass is 302 g/mol. The van der Waals surface area contributed by atoms with E-state index in [9.17, 15) is 8.78 Å². The summed E-state index contributed by atoms with van der Waals surface area (Å²) in [6.45, 7) is 0. The molecule has 4 heteroatoms. The first-order chi connectivity index (χ1) is 7.66. The second-order valence-corrected chi connectivity index (χ2v) is 5.36. The van der Waals surface area contributed by atoms with Gasteiger partial charge >= 0.3 is 0 Å². The lowest BCUT2D eigenvalue weighted by atomic mass is 10.1. The molecule has 0 N–H and O–H groups in total. The lowest BCUT2D eigenvalue weighted by molar-refractivity contribution is 0.507. The molecule has 0 bridgehead atoms. The van der Waals surface area contributed by atoms with Crippen molar-refractivity contribution in [1.82, 2.24) is 0 Å². The summed E-state index contributed by atoms with van der Waals surface area (Å²) in [6.07, 6.45) is 0.772. The van der Waals surface area contributed by atoms with Gasteiger partial charge in [0.2, 0.25) is 0 Å². The van der Waals surface area contributed by atoms with Gasteiger partial charge in [0, 0.05) is 4.83 Å². The molecule has 1 unspecified atom stereocenters. The molecule has 0 radical (unpaired) electrons. The van der Waals surface area contributed by atoms with Crippen molar-refractivity contribution >= 4 is 27.3 Å². The van der Waals surface area contributed by atoms with Crippen LogP contribution in [0.3, 0.4) is 0 Å². The van der Waals surface area contributed by atoms with Crippen LogP contribution in [0.2, 0.25) is 0 Å². The van der Waals surface area contributed by atoms with Crippen molar-refractivity contribution in [3.63, 3.8) is 0 Å². The highest BCUT2D eigenvalue weighted by atomic mass is 79.9. The first-order valence-corrected chi connectivity index (χ1v) is 6.63. The van der Waals surface area contributed by atoms with Crippen LogP contribution < -0.4 is 0 Å². The molecule has 0 amide bonds. The van der Waals surface area contributed by atoms with Gasteiger partial charge in [-0.15, -0.1) is 0 Å². The zero-order chi connectivity index (χ0) is 11.5. The van der Waals surface area contributed by atoms with E-state index >= 15 is 0 Å². The molecule has 0 nitrogen and oxygen atoms in total. The Hall–Kier alpha value is -0.740. The Kier molecular flexibility index (Phi) is 3.71. The maximum Gasteiger partial charge on any atom is 0.159 e. The topological polar surface area (TPSA) is 0 Å². The average molecular weight is 303 g/mol. The van der Waals surface area contributed by atoms with Crippen LogP contribution in [0.1, 0.15) is 16.0 Å². The highest BCUT2D eigenvalue weighted by Crippen LogP contribution is 2.28. The maximum absolute atomic E-state index is 13.0. The van der Waals surface area contributed by atoms with Crippen LogP contribution in [0, 0.1) is 11.6 Å². The zero-order valence-corrected chi connectivity index (χ0v) is 10.7. The third kappa shape index (κ3) is 2.68. The van der Waals surface area contributed by atoms with E-state index in [1.54, 1.807) is 17.4 Å². The van der Waals surface area contributed by atoms with Gasteiger partial charge in [0.15, 0.2) is 11.6 Å². The fourth-order valence-corrected chi connectivity index (χ4v) is 2.78. The molecule has 1 heterocycles. The van der Waals surface area contributed by atoms with E-state index in [1.165, 1.54) is 11.6 Å². The summed E-state index contributed by atoms with van der Waals surface area (Å²) < 4.78 is 25.8. The van der Waals surface area contributed by atoms with E-state index in [0.717, 1.165) is 18.1 Å². The Labute approximate surface area is 105 Å². The van der Waals surface area contributed by atoms with Gasteiger partial charge in [0.1, 0.15) is 0 Å². The van der Waals surface area contributed by atoms with E-state index < -0.39 is 11.6 Å². The smallest absolute Gasteiger partial charge is 0.159 e. The molecule has 0 saturated heterocycles. The van der Waals surface area contributed by atoms with Gasteiger partial charge in [-0.1, -0.05) is 22.0 Å². The summed E-state index contributed by atoms with van der Waals surface area (Å²) in [4.78, 5) is 0.0113. The van der Waals surface area contributed by atoms with Crippen molar-refractivity contribution in [2.75, 3.05) is 0 Å². The largest absolute Gasteiger partial charge is 0.204 e. The molecule has 2 rings (SSSR count). The molecule has 1 aromatic heterocycles. The molecule has 0 saturated carbocycles. The van der Waals surface area contributed by atoms with Gasteiger partial charge in [-0.2, -0.15) is 11.3 Å². The molecular weight excluding hydrogens is 294 g/mol. The van der Waals surface area contributed by atoms with Crippen LogP contribution in [-0.4, -0.2) is 0 Å². The van der Waals surface area contributed by atoms with Crippen LogP contribution in [0.25, 0.3) is 0 Å². The van der Waals surface area contributed by atoms with Crippen LogP contribution in [0.15, 0.2) is 35.0 Å². The predicted octanol–water partition coefficient (Wildman–Crippen LogP) is 4.71. The zero-order valence-electron chi connectivity index (χ0n) is 8.29. The number of hydrogen-bond acceptors (Lipinski definition) is 1. The number of rotatable bonds is 3. The second-order valence-electron chi connectivity index (χ2n) is 3.48. The third-order valence-corrected chi connectivity index (χ3v) is 3.88. The summed E-state index contributed by atoms with van der Waals surface area (Å²) >= 11 is 5.11. The number of benzene rings is 1. The van der Waals surface area contributed by atoms with Crippen LogP contribution in [0.5, 0.6) is 0 Å². The van der Waals surface area contributed by atoms with E-state index in [0.29, 0.717) is 0 Å². The van der Waals surface area contributed by atoms with Crippen molar-refractivity contribution in [3.05, 3.63) is 57.8 Å². The van der Waals surface area contributed by atoms with Crippen LogP contribution >= 0.6 is 27.3 Å². The molecule has 0 spiro atoms. The maximum atomic E-state index is 13.0. The quantitative estimate of drug-likeness (QED) is 0.721. The van der Waals surface area contributed by atoms with Crippen LogP contribution in [-0.2, 0) is 6.42 Å². The number of hydrogen-bond donors (Lipinski definition) is 0. The fraction of sp³-hybridized carbons (Fsp3) is 0.167. The van der Waals surface area contributed by atoms with Crippen molar-refractivity contribution in [1.29, 1.82) is 0 Å². The van der Waals surface area contributed by atoms with Gasteiger partial charge in [-0.05, 0) is 46.5 Å². The van der Waals surface area contributed by atoms with Crippen molar-refractivity contribution in [3.8, 4) is 0 Å². The summed E-state index contributed by atoms with van der Waals surface area (Å²) in [5.41, 5.74) is 1.95. The lowest BCUT2D eigenvalue weighted by Gasteiger charge is -2.09. The highest BCUT2D eigenvalue weighted by Gasteiger charge is 2.11. The normalized spacial score (nSPS) is 12.7. The third-order valence-electron chi connectivity index (χ3n) is 2.30. The van der Waals surface area contributed by atoms with Crippen LogP contribution in [0.4, 0.5) is 8.78 Å². The first kappa shape index (κ1) is 11.7. The van der Waals surface area contributed by atoms with Crippen molar-refractivity contribution < 1.29 is 8.78 Å².